The summed E-state index contributed by atoms with van der Waals surface area (Å²) >= 11 is 0. The Morgan fingerprint density at radius 3 is 2.12 bits per heavy atom. The van der Waals surface area contributed by atoms with Crippen LogP contribution in [0.25, 0.3) is 0 Å². The molecule has 0 unspecified atom stereocenters. The SMILES string of the molecule is Br.CCCCn1ccnc1.Cn1ccnc1. The van der Waals surface area contributed by atoms with Crippen molar-refractivity contribution in [3.8, 4) is 0 Å². The molecule has 90 valence electrons. The molecule has 2 heterocycles. The number of aryl methyl sites for hydroxylation is 2. The van der Waals surface area contributed by atoms with E-state index in [2.05, 4.69) is 21.5 Å². The molecular weight excluding hydrogens is 268 g/mol. The number of imidazole rings is 2. The summed E-state index contributed by atoms with van der Waals surface area (Å²) in [5, 5.41) is 0. The highest BCUT2D eigenvalue weighted by atomic mass is 79.9. The molecule has 0 atom stereocenters. The second kappa shape index (κ2) is 9.15. The van der Waals surface area contributed by atoms with E-state index in [0.717, 1.165) is 6.54 Å². The van der Waals surface area contributed by atoms with Gasteiger partial charge in [-0.15, -0.1) is 17.0 Å². The Bertz CT molecular complexity index is 329. The zero-order valence-electron chi connectivity index (χ0n) is 9.78. The Balaban J connectivity index is 0.000000283. The first kappa shape index (κ1) is 14.9. The summed E-state index contributed by atoms with van der Waals surface area (Å²) in [5.74, 6) is 0. The molecule has 0 spiro atoms. The minimum atomic E-state index is 0. The lowest BCUT2D eigenvalue weighted by Gasteiger charge is -1.96. The van der Waals surface area contributed by atoms with Crippen LogP contribution in [0.4, 0.5) is 0 Å². The fourth-order valence-electron chi connectivity index (χ4n) is 1.09. The molecule has 0 radical (unpaired) electrons. The van der Waals surface area contributed by atoms with E-state index >= 15 is 0 Å². The molecule has 0 aliphatic heterocycles. The molecule has 0 aliphatic carbocycles. The van der Waals surface area contributed by atoms with Gasteiger partial charge in [0.05, 0.1) is 12.7 Å². The van der Waals surface area contributed by atoms with E-state index in [1.54, 1.807) is 12.5 Å². The van der Waals surface area contributed by atoms with Crippen molar-refractivity contribution < 1.29 is 0 Å². The van der Waals surface area contributed by atoms with Gasteiger partial charge in [0.1, 0.15) is 0 Å². The fourth-order valence-corrected chi connectivity index (χ4v) is 1.09. The number of aromatic nitrogens is 4. The van der Waals surface area contributed by atoms with Gasteiger partial charge in [-0.2, -0.15) is 0 Å². The number of nitrogens with zero attached hydrogens (tertiary/aromatic N) is 4. The van der Waals surface area contributed by atoms with Gasteiger partial charge >= 0.3 is 0 Å². The van der Waals surface area contributed by atoms with Gasteiger partial charge in [0.25, 0.3) is 0 Å². The van der Waals surface area contributed by atoms with Gasteiger partial charge in [-0.3, -0.25) is 0 Å². The molecule has 0 fully saturated rings. The molecule has 2 aromatic rings. The first-order valence-corrected chi connectivity index (χ1v) is 5.20. The molecule has 0 saturated carbocycles. The molecule has 0 amide bonds. The lowest BCUT2D eigenvalue weighted by Crippen LogP contribution is -1.92. The van der Waals surface area contributed by atoms with E-state index in [-0.39, 0.29) is 17.0 Å². The van der Waals surface area contributed by atoms with Crippen molar-refractivity contribution in [2.75, 3.05) is 0 Å². The second-order valence-electron chi connectivity index (χ2n) is 3.38. The van der Waals surface area contributed by atoms with Crippen molar-refractivity contribution in [3.63, 3.8) is 0 Å². The summed E-state index contributed by atoms with van der Waals surface area (Å²) in [5.41, 5.74) is 0. The van der Waals surface area contributed by atoms with Crippen LogP contribution in [0, 0.1) is 0 Å². The zero-order valence-corrected chi connectivity index (χ0v) is 11.5. The summed E-state index contributed by atoms with van der Waals surface area (Å²) in [6.45, 7) is 3.30. The van der Waals surface area contributed by atoms with E-state index in [9.17, 15) is 0 Å². The van der Waals surface area contributed by atoms with Gasteiger partial charge in [-0.05, 0) is 6.42 Å². The average molecular weight is 287 g/mol. The van der Waals surface area contributed by atoms with E-state index < -0.39 is 0 Å². The van der Waals surface area contributed by atoms with Crippen molar-refractivity contribution in [2.45, 2.75) is 26.3 Å². The predicted octanol–water partition coefficient (Wildman–Crippen LogP) is 2.68. The molecule has 0 N–H and O–H groups in total. The topological polar surface area (TPSA) is 35.6 Å². The zero-order chi connectivity index (χ0) is 10.9. The summed E-state index contributed by atoms with van der Waals surface area (Å²) < 4.78 is 3.99. The normalized spacial score (nSPS) is 8.88. The predicted molar refractivity (Wildman–Crippen MR) is 70.7 cm³/mol. The summed E-state index contributed by atoms with van der Waals surface area (Å²) in [6, 6.07) is 0. The highest BCUT2D eigenvalue weighted by molar-refractivity contribution is 8.93. The van der Waals surface area contributed by atoms with Crippen LogP contribution in [0.1, 0.15) is 19.8 Å². The minimum absolute atomic E-state index is 0. The van der Waals surface area contributed by atoms with Gasteiger partial charge < -0.3 is 9.13 Å². The number of unbranched alkanes of at least 4 members (excludes halogenated alkanes) is 1. The van der Waals surface area contributed by atoms with Crippen molar-refractivity contribution in [3.05, 3.63) is 37.4 Å². The third kappa shape index (κ3) is 6.40. The Kier molecular flexibility index (Phi) is 8.52. The number of halogens is 1. The Morgan fingerprint density at radius 1 is 1.06 bits per heavy atom. The lowest BCUT2D eigenvalue weighted by atomic mass is 10.3. The monoisotopic (exact) mass is 286 g/mol. The first-order valence-electron chi connectivity index (χ1n) is 5.20. The molecule has 0 saturated heterocycles. The largest absolute Gasteiger partial charge is 0.341 e. The van der Waals surface area contributed by atoms with E-state index in [4.69, 9.17) is 0 Å². The van der Waals surface area contributed by atoms with Crippen LogP contribution in [-0.2, 0) is 13.6 Å². The standard InChI is InChI=1S/C7H12N2.C4H6N2.BrH/c1-2-3-5-9-6-4-8-7-9;1-6-3-2-5-4-6;/h4,6-7H,2-3,5H2,1H3;2-4H,1H3;1H. The Hall–Kier alpha value is -1.10. The van der Waals surface area contributed by atoms with E-state index in [0.29, 0.717) is 0 Å². The van der Waals surface area contributed by atoms with Crippen LogP contribution in [0.15, 0.2) is 37.4 Å². The molecule has 0 aromatic carbocycles. The molecule has 16 heavy (non-hydrogen) atoms. The van der Waals surface area contributed by atoms with Gasteiger partial charge in [0.2, 0.25) is 0 Å². The van der Waals surface area contributed by atoms with Gasteiger partial charge in [0, 0.05) is 38.4 Å². The van der Waals surface area contributed by atoms with Crippen LogP contribution in [-0.4, -0.2) is 19.1 Å². The van der Waals surface area contributed by atoms with Crippen LogP contribution in [0.5, 0.6) is 0 Å². The Labute approximate surface area is 107 Å². The van der Waals surface area contributed by atoms with Crippen LogP contribution < -0.4 is 0 Å². The van der Waals surface area contributed by atoms with Crippen LogP contribution in [0.3, 0.4) is 0 Å². The molecule has 4 nitrogen and oxygen atoms in total. The number of hydrogen-bond acceptors (Lipinski definition) is 2. The minimum Gasteiger partial charge on any atom is -0.341 e. The second-order valence-corrected chi connectivity index (χ2v) is 3.38. The highest BCUT2D eigenvalue weighted by Crippen LogP contribution is 1.92. The molecule has 2 aromatic heterocycles. The average Bonchev–Trinajstić information content (AvgIpc) is 2.88. The van der Waals surface area contributed by atoms with Crippen molar-refractivity contribution in [1.82, 2.24) is 19.1 Å². The maximum absolute atomic E-state index is 3.94. The number of hydrogen-bond donors (Lipinski definition) is 0. The van der Waals surface area contributed by atoms with E-state index in [1.165, 1.54) is 12.8 Å². The summed E-state index contributed by atoms with van der Waals surface area (Å²) in [6.07, 6.45) is 13.6. The Morgan fingerprint density at radius 2 is 1.75 bits per heavy atom. The third-order valence-corrected chi connectivity index (χ3v) is 1.97. The van der Waals surface area contributed by atoms with Gasteiger partial charge in [0.15, 0.2) is 0 Å². The van der Waals surface area contributed by atoms with Gasteiger partial charge in [-0.1, -0.05) is 13.3 Å². The van der Waals surface area contributed by atoms with E-state index in [1.807, 2.05) is 36.5 Å². The smallest absolute Gasteiger partial charge is 0.0945 e. The van der Waals surface area contributed by atoms with Crippen LogP contribution in [0.2, 0.25) is 0 Å². The maximum Gasteiger partial charge on any atom is 0.0945 e. The molecule has 0 aliphatic rings. The quantitative estimate of drug-likeness (QED) is 0.870. The molecule has 0 bridgehead atoms. The third-order valence-electron chi connectivity index (χ3n) is 1.97. The first-order chi connectivity index (χ1) is 7.33. The summed E-state index contributed by atoms with van der Waals surface area (Å²) in [7, 11) is 1.94. The molecule has 2 rings (SSSR count). The number of rotatable bonds is 3. The van der Waals surface area contributed by atoms with Crippen molar-refractivity contribution in [2.24, 2.45) is 7.05 Å². The molecule has 5 heteroatoms. The van der Waals surface area contributed by atoms with Crippen LogP contribution >= 0.6 is 17.0 Å². The van der Waals surface area contributed by atoms with Crippen molar-refractivity contribution >= 4 is 17.0 Å². The lowest BCUT2D eigenvalue weighted by molar-refractivity contribution is 0.631. The summed E-state index contributed by atoms with van der Waals surface area (Å²) in [4.78, 5) is 7.72. The molecular formula is C11H19BrN4. The maximum atomic E-state index is 3.94. The van der Waals surface area contributed by atoms with Gasteiger partial charge in [-0.25, -0.2) is 9.97 Å². The fraction of sp³-hybridized carbons (Fsp3) is 0.455. The van der Waals surface area contributed by atoms with Crippen molar-refractivity contribution in [1.29, 1.82) is 0 Å². The highest BCUT2D eigenvalue weighted by Gasteiger charge is 1.85.